The third kappa shape index (κ3) is 3.99. The van der Waals surface area contributed by atoms with Crippen molar-refractivity contribution in [3.05, 3.63) is 65.9 Å². The van der Waals surface area contributed by atoms with Crippen LogP contribution in [0.15, 0.2) is 54.7 Å². The highest BCUT2D eigenvalue weighted by Gasteiger charge is 2.17. The maximum atomic E-state index is 12.2. The SMILES string of the molecule is O=C(CNC(=O)Nc1cn2c3c(cccc13)CCC2)NOCc1ccccc1. The van der Waals surface area contributed by atoms with E-state index >= 15 is 0 Å². The summed E-state index contributed by atoms with van der Waals surface area (Å²) in [5.41, 5.74) is 6.49. The monoisotopic (exact) mass is 378 g/mol. The quantitative estimate of drug-likeness (QED) is 0.577. The fourth-order valence-corrected chi connectivity index (χ4v) is 3.49. The van der Waals surface area contributed by atoms with E-state index in [1.54, 1.807) is 0 Å². The van der Waals surface area contributed by atoms with Crippen molar-refractivity contribution in [3.8, 4) is 0 Å². The van der Waals surface area contributed by atoms with E-state index in [2.05, 4.69) is 26.7 Å². The molecule has 2 heterocycles. The van der Waals surface area contributed by atoms with Gasteiger partial charge in [-0.1, -0.05) is 48.5 Å². The zero-order valence-electron chi connectivity index (χ0n) is 15.4. The van der Waals surface area contributed by atoms with Crippen molar-refractivity contribution < 1.29 is 14.4 Å². The first-order valence-corrected chi connectivity index (χ1v) is 9.31. The molecule has 28 heavy (non-hydrogen) atoms. The van der Waals surface area contributed by atoms with E-state index < -0.39 is 11.9 Å². The van der Waals surface area contributed by atoms with Crippen LogP contribution >= 0.6 is 0 Å². The second-order valence-corrected chi connectivity index (χ2v) is 6.76. The van der Waals surface area contributed by atoms with Gasteiger partial charge in [0.15, 0.2) is 0 Å². The lowest BCUT2D eigenvalue weighted by atomic mass is 10.0. The summed E-state index contributed by atoms with van der Waals surface area (Å²) in [6.45, 7) is 1.03. The predicted molar refractivity (Wildman–Crippen MR) is 107 cm³/mol. The number of urea groups is 1. The van der Waals surface area contributed by atoms with E-state index in [1.807, 2.05) is 48.7 Å². The highest BCUT2D eigenvalue weighted by atomic mass is 16.6. The van der Waals surface area contributed by atoms with Gasteiger partial charge >= 0.3 is 6.03 Å². The Hall–Kier alpha value is -3.32. The number of nitrogens with zero attached hydrogens (tertiary/aromatic N) is 1. The Labute approximate surface area is 162 Å². The molecule has 0 unspecified atom stereocenters. The molecule has 144 valence electrons. The van der Waals surface area contributed by atoms with Crippen molar-refractivity contribution in [3.63, 3.8) is 0 Å². The van der Waals surface area contributed by atoms with Gasteiger partial charge in [0.1, 0.15) is 6.54 Å². The van der Waals surface area contributed by atoms with Crippen LogP contribution < -0.4 is 16.1 Å². The van der Waals surface area contributed by atoms with E-state index in [0.29, 0.717) is 0 Å². The van der Waals surface area contributed by atoms with Gasteiger partial charge in [-0.15, -0.1) is 0 Å². The van der Waals surface area contributed by atoms with Gasteiger partial charge in [0.05, 0.1) is 17.8 Å². The maximum Gasteiger partial charge on any atom is 0.319 e. The van der Waals surface area contributed by atoms with Gasteiger partial charge < -0.3 is 15.2 Å². The number of rotatable bonds is 6. The van der Waals surface area contributed by atoms with Crippen molar-refractivity contribution in [2.24, 2.45) is 0 Å². The lowest BCUT2D eigenvalue weighted by molar-refractivity contribution is -0.133. The molecule has 3 N–H and O–H groups in total. The standard InChI is InChI=1S/C21H22N4O3/c26-19(24-28-14-15-6-2-1-3-7-15)12-22-21(27)23-18-13-25-11-5-9-16-8-4-10-17(18)20(16)25/h1-4,6-8,10,13H,5,9,11-12,14H2,(H,24,26)(H2,22,23,27). The van der Waals surface area contributed by atoms with Crippen LogP contribution in [0.2, 0.25) is 0 Å². The van der Waals surface area contributed by atoms with Crippen molar-refractivity contribution in [1.82, 2.24) is 15.4 Å². The molecule has 7 heteroatoms. The second-order valence-electron chi connectivity index (χ2n) is 6.76. The summed E-state index contributed by atoms with van der Waals surface area (Å²) < 4.78 is 2.17. The van der Waals surface area contributed by atoms with Gasteiger partial charge in [-0.25, -0.2) is 10.3 Å². The van der Waals surface area contributed by atoms with Crippen LogP contribution in [0.1, 0.15) is 17.5 Å². The molecule has 0 bridgehead atoms. The van der Waals surface area contributed by atoms with Crippen molar-refractivity contribution >= 4 is 28.5 Å². The Morgan fingerprint density at radius 2 is 1.93 bits per heavy atom. The lowest BCUT2D eigenvalue weighted by Gasteiger charge is -2.14. The summed E-state index contributed by atoms with van der Waals surface area (Å²) in [5.74, 6) is -0.422. The minimum Gasteiger partial charge on any atom is -0.345 e. The number of aryl methyl sites for hydroxylation is 2. The van der Waals surface area contributed by atoms with E-state index in [4.69, 9.17) is 4.84 Å². The molecule has 4 rings (SSSR count). The van der Waals surface area contributed by atoms with Crippen molar-refractivity contribution in [2.75, 3.05) is 11.9 Å². The molecule has 0 saturated carbocycles. The number of hydrogen-bond donors (Lipinski definition) is 3. The van der Waals surface area contributed by atoms with E-state index in [-0.39, 0.29) is 13.2 Å². The van der Waals surface area contributed by atoms with Crippen LogP contribution in [0, 0.1) is 0 Å². The number of para-hydroxylation sites is 1. The fourth-order valence-electron chi connectivity index (χ4n) is 3.49. The van der Waals surface area contributed by atoms with Crippen LogP contribution in [0.3, 0.4) is 0 Å². The molecule has 0 atom stereocenters. The average molecular weight is 378 g/mol. The highest BCUT2D eigenvalue weighted by Crippen LogP contribution is 2.32. The van der Waals surface area contributed by atoms with Crippen molar-refractivity contribution in [2.45, 2.75) is 26.0 Å². The second kappa shape index (κ2) is 8.14. The molecule has 3 aromatic rings. The molecule has 7 nitrogen and oxygen atoms in total. The topological polar surface area (TPSA) is 84.4 Å². The van der Waals surface area contributed by atoms with Gasteiger partial charge in [0.2, 0.25) is 0 Å². The first-order chi connectivity index (χ1) is 13.7. The van der Waals surface area contributed by atoms with E-state index in [9.17, 15) is 9.59 Å². The Bertz CT molecular complexity index is 998. The molecule has 0 spiro atoms. The van der Waals surface area contributed by atoms with Crippen LogP contribution in [-0.2, 0) is 29.2 Å². The zero-order valence-corrected chi connectivity index (χ0v) is 15.4. The molecule has 3 amide bonds. The number of anilines is 1. The van der Waals surface area contributed by atoms with E-state index in [1.165, 1.54) is 11.1 Å². The molecule has 1 aliphatic heterocycles. The molecule has 0 saturated heterocycles. The third-order valence-corrected chi connectivity index (χ3v) is 4.75. The summed E-state index contributed by atoms with van der Waals surface area (Å²) in [7, 11) is 0. The number of hydrogen-bond acceptors (Lipinski definition) is 3. The van der Waals surface area contributed by atoms with Gasteiger partial charge in [0.25, 0.3) is 5.91 Å². The minimum absolute atomic E-state index is 0.176. The Morgan fingerprint density at radius 3 is 2.79 bits per heavy atom. The third-order valence-electron chi connectivity index (χ3n) is 4.75. The molecule has 0 radical (unpaired) electrons. The lowest BCUT2D eigenvalue weighted by Crippen LogP contribution is -2.38. The Kier molecular flexibility index (Phi) is 5.25. The first-order valence-electron chi connectivity index (χ1n) is 9.31. The van der Waals surface area contributed by atoms with Gasteiger partial charge in [0, 0.05) is 18.1 Å². The smallest absolute Gasteiger partial charge is 0.319 e. The number of benzene rings is 2. The predicted octanol–water partition coefficient (Wildman–Crippen LogP) is 2.96. The normalized spacial score (nSPS) is 12.6. The van der Waals surface area contributed by atoms with Gasteiger partial charge in [-0.05, 0) is 24.0 Å². The average Bonchev–Trinajstić information content (AvgIpc) is 3.07. The summed E-state index contributed by atoms with van der Waals surface area (Å²) >= 11 is 0. The molecular formula is C21H22N4O3. The number of hydroxylamine groups is 1. The number of carbonyl (C=O) groups excluding carboxylic acids is 2. The number of carbonyl (C=O) groups is 2. The van der Waals surface area contributed by atoms with Crippen LogP contribution in [-0.4, -0.2) is 23.1 Å². The summed E-state index contributed by atoms with van der Waals surface area (Å²) in [6.07, 6.45) is 4.10. The number of amides is 3. The molecule has 1 aromatic heterocycles. The zero-order chi connectivity index (χ0) is 19.3. The van der Waals surface area contributed by atoms with Crippen LogP contribution in [0.4, 0.5) is 10.5 Å². The molecule has 0 fully saturated rings. The van der Waals surface area contributed by atoms with E-state index in [0.717, 1.165) is 36.0 Å². The first kappa shape index (κ1) is 18.1. The minimum atomic E-state index is -0.429. The number of aromatic nitrogens is 1. The number of nitrogens with one attached hydrogen (secondary N) is 3. The summed E-state index contributed by atoms with van der Waals surface area (Å²) in [4.78, 5) is 29.2. The fraction of sp³-hybridized carbons (Fsp3) is 0.238. The summed E-state index contributed by atoms with van der Waals surface area (Å²) in [6, 6.07) is 15.2. The Morgan fingerprint density at radius 1 is 1.07 bits per heavy atom. The maximum absolute atomic E-state index is 12.2. The largest absolute Gasteiger partial charge is 0.345 e. The van der Waals surface area contributed by atoms with Gasteiger partial charge in [-0.3, -0.25) is 9.63 Å². The van der Waals surface area contributed by atoms with Crippen LogP contribution in [0.5, 0.6) is 0 Å². The molecule has 2 aromatic carbocycles. The molecule has 0 aliphatic carbocycles. The van der Waals surface area contributed by atoms with Gasteiger partial charge in [-0.2, -0.15) is 0 Å². The highest BCUT2D eigenvalue weighted by molar-refractivity contribution is 6.03. The molecule has 1 aliphatic rings. The Balaban J connectivity index is 1.28. The van der Waals surface area contributed by atoms with Crippen LogP contribution in [0.25, 0.3) is 10.9 Å². The molecular weight excluding hydrogens is 356 g/mol. The summed E-state index contributed by atoms with van der Waals surface area (Å²) in [5, 5.41) is 6.41. The van der Waals surface area contributed by atoms with Crippen molar-refractivity contribution in [1.29, 1.82) is 0 Å².